The number of hydrogen-bond donors (Lipinski definition) is 1. The van der Waals surface area contributed by atoms with E-state index in [-0.39, 0.29) is 5.31 Å². The van der Waals surface area contributed by atoms with Gasteiger partial charge in [-0.2, -0.15) is 0 Å². The van der Waals surface area contributed by atoms with Gasteiger partial charge in [0, 0.05) is 6.42 Å². The van der Waals surface area contributed by atoms with Crippen molar-refractivity contribution < 1.29 is 9.90 Å². The highest BCUT2D eigenvalue weighted by molar-refractivity contribution is 6.22. The number of fused-ring (bicyclic) bond motifs is 1. The van der Waals surface area contributed by atoms with Crippen molar-refractivity contribution in [3.63, 3.8) is 0 Å². The van der Waals surface area contributed by atoms with E-state index in [0.717, 1.165) is 0 Å². The van der Waals surface area contributed by atoms with Crippen LogP contribution in [0.15, 0.2) is 0 Å². The highest BCUT2D eigenvalue weighted by Crippen LogP contribution is 3.02. The number of rotatable bonds is 2. The average Bonchev–Trinajstić information content (AvgIpc) is 2.81. The van der Waals surface area contributed by atoms with Gasteiger partial charge < -0.3 is 5.11 Å². The van der Waals surface area contributed by atoms with Crippen LogP contribution in [0.2, 0.25) is 5.31 Å². The van der Waals surface area contributed by atoms with Crippen LogP contribution in [0.4, 0.5) is 0 Å². The van der Waals surface area contributed by atoms with Crippen LogP contribution in [-0.2, 0) is 4.79 Å². The van der Waals surface area contributed by atoms with Crippen molar-refractivity contribution in [2.24, 2.45) is 10.8 Å². The minimum Gasteiger partial charge on any atom is -0.481 e. The van der Waals surface area contributed by atoms with E-state index in [9.17, 15) is 4.79 Å². The second kappa shape index (κ2) is 1.47. The standard InChI is InChI=1S/C9H13BO2/c10-9(5-6(11)12)7(1-2-7)8(9)3-4-8/h1-5,10H2,(H,11,12). The summed E-state index contributed by atoms with van der Waals surface area (Å²) in [6.45, 7) is 0. The molecule has 0 amide bonds. The van der Waals surface area contributed by atoms with Gasteiger partial charge in [0.2, 0.25) is 0 Å². The van der Waals surface area contributed by atoms with Gasteiger partial charge in [-0.1, -0.05) is 0 Å². The fourth-order valence-corrected chi connectivity index (χ4v) is 4.09. The van der Waals surface area contributed by atoms with E-state index in [1.165, 1.54) is 25.7 Å². The van der Waals surface area contributed by atoms with Gasteiger partial charge in [0.05, 0.1) is 0 Å². The molecule has 64 valence electrons. The Labute approximate surface area is 72.7 Å². The normalized spacial score (nSPS) is 43.0. The summed E-state index contributed by atoms with van der Waals surface area (Å²) >= 11 is 0. The average molecular weight is 164 g/mol. The van der Waals surface area contributed by atoms with Crippen LogP contribution >= 0.6 is 0 Å². The molecule has 0 atom stereocenters. The van der Waals surface area contributed by atoms with E-state index < -0.39 is 5.97 Å². The minimum atomic E-state index is -0.604. The van der Waals surface area contributed by atoms with Crippen LogP contribution in [-0.4, -0.2) is 18.9 Å². The van der Waals surface area contributed by atoms with Gasteiger partial charge in [-0.05, 0) is 41.8 Å². The predicted octanol–water partition coefficient (Wildman–Crippen LogP) is 0.827. The third kappa shape index (κ3) is 0.444. The Morgan fingerprint density at radius 3 is 1.92 bits per heavy atom. The molecule has 12 heavy (non-hydrogen) atoms. The Kier molecular flexibility index (Phi) is 0.855. The van der Waals surface area contributed by atoms with E-state index in [1.54, 1.807) is 0 Å². The van der Waals surface area contributed by atoms with Crippen LogP contribution in [0.1, 0.15) is 32.1 Å². The number of aliphatic carboxylic acids is 1. The maximum absolute atomic E-state index is 10.7. The van der Waals surface area contributed by atoms with Gasteiger partial charge in [-0.15, -0.1) is 0 Å². The summed E-state index contributed by atoms with van der Waals surface area (Å²) < 4.78 is 0. The first-order chi connectivity index (χ1) is 5.58. The summed E-state index contributed by atoms with van der Waals surface area (Å²) in [6, 6.07) is 0. The first-order valence-corrected chi connectivity index (χ1v) is 4.80. The highest BCUT2D eigenvalue weighted by atomic mass is 16.4. The number of carboxylic acids is 1. The first-order valence-electron chi connectivity index (χ1n) is 4.80. The van der Waals surface area contributed by atoms with Crippen LogP contribution < -0.4 is 0 Å². The van der Waals surface area contributed by atoms with Gasteiger partial charge in [0.1, 0.15) is 7.85 Å². The summed E-state index contributed by atoms with van der Waals surface area (Å²) in [4.78, 5) is 10.7. The fourth-order valence-electron chi connectivity index (χ4n) is 4.09. The molecule has 0 unspecified atom stereocenters. The first kappa shape index (κ1) is 6.99. The molecule has 0 aromatic carbocycles. The third-order valence-corrected chi connectivity index (χ3v) is 4.97. The lowest BCUT2D eigenvalue weighted by atomic mass is 9.75. The molecule has 3 aliphatic rings. The highest BCUT2D eigenvalue weighted by Gasteiger charge is 2.92. The minimum absolute atomic E-state index is 0.186. The molecule has 0 aromatic heterocycles. The molecule has 0 aromatic rings. The number of hydrogen-bond acceptors (Lipinski definition) is 1. The zero-order valence-corrected chi connectivity index (χ0v) is 7.39. The molecule has 2 spiro atoms. The lowest BCUT2D eigenvalue weighted by Crippen LogP contribution is -2.06. The maximum atomic E-state index is 10.7. The van der Waals surface area contributed by atoms with Crippen molar-refractivity contribution in [1.82, 2.24) is 0 Å². The van der Waals surface area contributed by atoms with E-state index in [1.807, 2.05) is 0 Å². The Hall–Kier alpha value is -0.465. The van der Waals surface area contributed by atoms with Crippen LogP contribution in [0, 0.1) is 10.8 Å². The predicted molar refractivity (Wildman–Crippen MR) is 46.8 cm³/mol. The van der Waals surface area contributed by atoms with Crippen molar-refractivity contribution in [3.05, 3.63) is 0 Å². The lowest BCUT2D eigenvalue weighted by molar-refractivity contribution is -0.137. The van der Waals surface area contributed by atoms with E-state index in [0.29, 0.717) is 17.3 Å². The molecular formula is C9H13BO2. The summed E-state index contributed by atoms with van der Waals surface area (Å²) in [7, 11) is 2.20. The summed E-state index contributed by atoms with van der Waals surface area (Å²) in [5.41, 5.74) is 1.02. The number of carboxylic acid groups (broad SMARTS) is 1. The molecule has 0 saturated heterocycles. The third-order valence-electron chi connectivity index (χ3n) is 4.97. The quantitative estimate of drug-likeness (QED) is 0.613. The maximum Gasteiger partial charge on any atom is 0.303 e. The van der Waals surface area contributed by atoms with Crippen molar-refractivity contribution in [2.75, 3.05) is 0 Å². The van der Waals surface area contributed by atoms with E-state index >= 15 is 0 Å². The van der Waals surface area contributed by atoms with Gasteiger partial charge in [-0.25, -0.2) is 0 Å². The monoisotopic (exact) mass is 164 g/mol. The molecule has 0 radical (unpaired) electrons. The Morgan fingerprint density at radius 1 is 1.25 bits per heavy atom. The molecule has 3 rings (SSSR count). The van der Waals surface area contributed by atoms with E-state index in [4.69, 9.17) is 5.11 Å². The molecule has 2 nitrogen and oxygen atoms in total. The zero-order chi connectivity index (χ0) is 8.61. The molecule has 3 fully saturated rings. The largest absolute Gasteiger partial charge is 0.481 e. The Bertz CT molecular complexity index is 258. The van der Waals surface area contributed by atoms with Crippen molar-refractivity contribution in [3.8, 4) is 0 Å². The summed E-state index contributed by atoms with van der Waals surface area (Å²) in [5.74, 6) is -0.604. The number of carbonyl (C=O) groups is 1. The Morgan fingerprint density at radius 2 is 1.67 bits per heavy atom. The molecule has 3 aliphatic carbocycles. The second-order valence-corrected chi connectivity index (χ2v) is 5.07. The van der Waals surface area contributed by atoms with Crippen molar-refractivity contribution in [1.29, 1.82) is 0 Å². The smallest absolute Gasteiger partial charge is 0.303 e. The van der Waals surface area contributed by atoms with Crippen molar-refractivity contribution >= 4 is 13.8 Å². The topological polar surface area (TPSA) is 37.3 Å². The second-order valence-electron chi connectivity index (χ2n) is 5.07. The van der Waals surface area contributed by atoms with Gasteiger partial charge in [0.15, 0.2) is 0 Å². The van der Waals surface area contributed by atoms with Crippen LogP contribution in [0.3, 0.4) is 0 Å². The molecular weight excluding hydrogens is 151 g/mol. The molecule has 0 bridgehead atoms. The molecule has 0 heterocycles. The molecule has 3 heteroatoms. The van der Waals surface area contributed by atoms with Crippen molar-refractivity contribution in [2.45, 2.75) is 37.4 Å². The summed E-state index contributed by atoms with van der Waals surface area (Å²) in [5, 5.41) is 9.00. The fraction of sp³-hybridized carbons (Fsp3) is 0.889. The lowest BCUT2D eigenvalue weighted by Gasteiger charge is -2.05. The molecule has 3 saturated carbocycles. The van der Waals surface area contributed by atoms with Crippen LogP contribution in [0.25, 0.3) is 0 Å². The molecule has 1 N–H and O–H groups in total. The summed E-state index contributed by atoms with van der Waals surface area (Å²) in [6.07, 6.45) is 5.62. The molecule has 0 aliphatic heterocycles. The van der Waals surface area contributed by atoms with Gasteiger partial charge in [0.25, 0.3) is 0 Å². The van der Waals surface area contributed by atoms with Gasteiger partial charge >= 0.3 is 5.97 Å². The van der Waals surface area contributed by atoms with E-state index in [2.05, 4.69) is 7.85 Å². The Balaban J connectivity index is 1.89. The van der Waals surface area contributed by atoms with Gasteiger partial charge in [-0.3, -0.25) is 4.79 Å². The SMILES string of the molecule is BC1(CC(=O)O)C2(CC2)C12CC2. The zero-order valence-electron chi connectivity index (χ0n) is 7.39. The van der Waals surface area contributed by atoms with Crippen LogP contribution in [0.5, 0.6) is 0 Å².